The van der Waals surface area contributed by atoms with E-state index in [1.807, 2.05) is 0 Å². The summed E-state index contributed by atoms with van der Waals surface area (Å²) < 4.78 is 0. The summed E-state index contributed by atoms with van der Waals surface area (Å²) >= 11 is 0. The third kappa shape index (κ3) is 11.6. The van der Waals surface area contributed by atoms with Crippen molar-refractivity contribution in [2.45, 2.75) is 70.8 Å². The van der Waals surface area contributed by atoms with Gasteiger partial charge < -0.3 is 15.3 Å². The molecule has 0 bridgehead atoms. The minimum atomic E-state index is -1.23. The molecule has 3 N–H and O–H groups in total. The summed E-state index contributed by atoms with van der Waals surface area (Å²) in [4.78, 5) is 33.9. The van der Waals surface area contributed by atoms with Crippen LogP contribution in [0.3, 0.4) is 0 Å². The quantitative estimate of drug-likeness (QED) is 0.395. The van der Waals surface area contributed by atoms with Crippen LogP contribution >= 0.6 is 0 Å². The third-order valence-electron chi connectivity index (χ3n) is 3.73. The Labute approximate surface area is 137 Å². The lowest BCUT2D eigenvalue weighted by Crippen LogP contribution is -2.46. The molecule has 0 fully saturated rings. The zero-order valence-corrected chi connectivity index (χ0v) is 13.9. The van der Waals surface area contributed by atoms with E-state index in [1.165, 1.54) is 25.7 Å². The van der Waals surface area contributed by atoms with E-state index in [1.54, 1.807) is 0 Å². The van der Waals surface area contributed by atoms with Gasteiger partial charge in [-0.3, -0.25) is 19.3 Å². The minimum Gasteiger partial charge on any atom is -0.480 e. The number of carboxylic acids is 3. The lowest BCUT2D eigenvalue weighted by atomic mass is 10.0. The van der Waals surface area contributed by atoms with E-state index in [4.69, 9.17) is 10.2 Å². The fraction of sp³-hybridized carbons (Fsp3) is 0.812. The SMILES string of the molecule is CCCCCCCCCCC(C(=O)O)N(CC(=O)O)CC(=O)O. The maximum atomic E-state index is 11.3. The molecule has 134 valence electrons. The van der Waals surface area contributed by atoms with E-state index in [0.29, 0.717) is 6.42 Å². The molecule has 0 spiro atoms. The van der Waals surface area contributed by atoms with Crippen molar-refractivity contribution >= 4 is 17.9 Å². The van der Waals surface area contributed by atoms with Crippen molar-refractivity contribution < 1.29 is 29.7 Å². The number of aliphatic carboxylic acids is 3. The molecule has 7 heteroatoms. The van der Waals surface area contributed by atoms with Crippen molar-refractivity contribution in [1.29, 1.82) is 0 Å². The molecule has 0 aromatic heterocycles. The van der Waals surface area contributed by atoms with Crippen LogP contribution in [0.15, 0.2) is 0 Å². The summed E-state index contributed by atoms with van der Waals surface area (Å²) in [7, 11) is 0. The molecule has 0 aliphatic heterocycles. The second-order valence-electron chi connectivity index (χ2n) is 5.81. The first-order valence-electron chi connectivity index (χ1n) is 8.28. The molecule has 0 radical (unpaired) electrons. The van der Waals surface area contributed by atoms with Gasteiger partial charge in [0.2, 0.25) is 0 Å². The molecule has 0 aromatic carbocycles. The van der Waals surface area contributed by atoms with Crippen LogP contribution in [0, 0.1) is 0 Å². The van der Waals surface area contributed by atoms with E-state index in [9.17, 15) is 19.5 Å². The standard InChI is InChI=1S/C16H29NO6/c1-2-3-4-5-6-7-8-9-10-13(16(22)23)17(11-14(18)19)12-15(20)21/h13H,2-12H2,1H3,(H,18,19)(H,20,21)(H,22,23). The van der Waals surface area contributed by atoms with Gasteiger partial charge in [0.05, 0.1) is 13.1 Å². The Hall–Kier alpha value is -1.63. The lowest BCUT2D eigenvalue weighted by molar-refractivity contribution is -0.149. The number of carbonyl (C=O) groups is 3. The Morgan fingerprint density at radius 2 is 1.22 bits per heavy atom. The van der Waals surface area contributed by atoms with Crippen LogP contribution in [0.1, 0.15) is 64.7 Å². The fourth-order valence-corrected chi connectivity index (χ4v) is 2.56. The summed E-state index contributed by atoms with van der Waals surface area (Å²) in [5.74, 6) is -3.63. The van der Waals surface area contributed by atoms with E-state index >= 15 is 0 Å². The Morgan fingerprint density at radius 1 is 0.783 bits per heavy atom. The van der Waals surface area contributed by atoms with Crippen molar-refractivity contribution in [3.8, 4) is 0 Å². The molecule has 0 aliphatic rings. The van der Waals surface area contributed by atoms with Crippen LogP contribution in [0.2, 0.25) is 0 Å². The normalized spacial score (nSPS) is 12.3. The highest BCUT2D eigenvalue weighted by molar-refractivity contribution is 5.78. The number of carboxylic acid groups (broad SMARTS) is 3. The fourth-order valence-electron chi connectivity index (χ4n) is 2.56. The first kappa shape index (κ1) is 21.4. The van der Waals surface area contributed by atoms with E-state index in [-0.39, 0.29) is 6.42 Å². The van der Waals surface area contributed by atoms with Gasteiger partial charge in [0.25, 0.3) is 0 Å². The molecule has 7 nitrogen and oxygen atoms in total. The molecule has 0 heterocycles. The summed E-state index contributed by atoms with van der Waals surface area (Å²) in [6.07, 6.45) is 8.78. The van der Waals surface area contributed by atoms with Gasteiger partial charge in [-0.25, -0.2) is 0 Å². The van der Waals surface area contributed by atoms with Crippen molar-refractivity contribution in [3.05, 3.63) is 0 Å². The Kier molecular flexibility index (Phi) is 12.0. The van der Waals surface area contributed by atoms with E-state index < -0.39 is 37.0 Å². The topological polar surface area (TPSA) is 115 Å². The molecule has 0 rings (SSSR count). The van der Waals surface area contributed by atoms with Crippen LogP contribution in [0.4, 0.5) is 0 Å². The summed E-state index contributed by atoms with van der Waals surface area (Å²) in [6, 6.07) is -1.07. The number of rotatable bonds is 15. The monoisotopic (exact) mass is 331 g/mol. The third-order valence-corrected chi connectivity index (χ3v) is 3.73. The molecule has 0 aromatic rings. The molecule has 0 aliphatic carbocycles. The molecular formula is C16H29NO6. The Morgan fingerprint density at radius 3 is 1.61 bits per heavy atom. The molecule has 0 saturated heterocycles. The first-order valence-corrected chi connectivity index (χ1v) is 8.28. The number of unbranched alkanes of at least 4 members (excludes halogenated alkanes) is 7. The van der Waals surface area contributed by atoms with Gasteiger partial charge in [-0.1, -0.05) is 58.3 Å². The summed E-state index contributed by atoms with van der Waals surface area (Å²) in [5, 5.41) is 26.9. The first-order chi connectivity index (χ1) is 10.9. The predicted octanol–water partition coefficient (Wildman–Crippen LogP) is 2.44. The number of hydrogen-bond donors (Lipinski definition) is 3. The largest absolute Gasteiger partial charge is 0.480 e. The minimum absolute atomic E-state index is 0.269. The maximum Gasteiger partial charge on any atom is 0.320 e. The van der Waals surface area contributed by atoms with Crippen LogP contribution in [-0.2, 0) is 14.4 Å². The second kappa shape index (κ2) is 12.9. The average molecular weight is 331 g/mol. The van der Waals surface area contributed by atoms with Crippen LogP contribution in [0.5, 0.6) is 0 Å². The molecule has 0 amide bonds. The van der Waals surface area contributed by atoms with Gasteiger partial charge in [-0.2, -0.15) is 0 Å². The van der Waals surface area contributed by atoms with Gasteiger partial charge in [0.15, 0.2) is 0 Å². The van der Waals surface area contributed by atoms with Crippen molar-refractivity contribution in [3.63, 3.8) is 0 Å². The zero-order chi connectivity index (χ0) is 17.7. The van der Waals surface area contributed by atoms with Crippen LogP contribution in [0.25, 0.3) is 0 Å². The average Bonchev–Trinajstić information content (AvgIpc) is 2.43. The van der Waals surface area contributed by atoms with Crippen molar-refractivity contribution in [2.24, 2.45) is 0 Å². The van der Waals surface area contributed by atoms with Gasteiger partial charge >= 0.3 is 17.9 Å². The highest BCUT2D eigenvalue weighted by atomic mass is 16.4. The molecule has 23 heavy (non-hydrogen) atoms. The highest BCUT2D eigenvalue weighted by Gasteiger charge is 2.28. The predicted molar refractivity (Wildman–Crippen MR) is 85.5 cm³/mol. The maximum absolute atomic E-state index is 11.3. The molecular weight excluding hydrogens is 302 g/mol. The van der Waals surface area contributed by atoms with Gasteiger partial charge in [0.1, 0.15) is 6.04 Å². The second-order valence-corrected chi connectivity index (χ2v) is 5.81. The molecule has 0 saturated carbocycles. The van der Waals surface area contributed by atoms with Crippen molar-refractivity contribution in [2.75, 3.05) is 13.1 Å². The Balaban J connectivity index is 4.23. The van der Waals surface area contributed by atoms with E-state index in [0.717, 1.165) is 24.2 Å². The Bertz CT molecular complexity index is 356. The summed E-state index contributed by atoms with van der Waals surface area (Å²) in [5.41, 5.74) is 0. The smallest absolute Gasteiger partial charge is 0.320 e. The van der Waals surface area contributed by atoms with Crippen LogP contribution < -0.4 is 0 Å². The van der Waals surface area contributed by atoms with Crippen molar-refractivity contribution in [1.82, 2.24) is 4.90 Å². The number of nitrogens with zero attached hydrogens (tertiary/aromatic N) is 1. The van der Waals surface area contributed by atoms with Gasteiger partial charge in [0, 0.05) is 0 Å². The lowest BCUT2D eigenvalue weighted by Gasteiger charge is -2.25. The number of hydrogen-bond acceptors (Lipinski definition) is 4. The van der Waals surface area contributed by atoms with Gasteiger partial charge in [-0.15, -0.1) is 0 Å². The van der Waals surface area contributed by atoms with Crippen LogP contribution in [-0.4, -0.2) is 57.3 Å². The molecule has 1 unspecified atom stereocenters. The molecule has 1 atom stereocenters. The summed E-state index contributed by atoms with van der Waals surface area (Å²) in [6.45, 7) is 0.993. The zero-order valence-electron chi connectivity index (χ0n) is 13.9. The van der Waals surface area contributed by atoms with E-state index in [2.05, 4.69) is 6.92 Å². The van der Waals surface area contributed by atoms with Gasteiger partial charge in [-0.05, 0) is 6.42 Å². The highest BCUT2D eigenvalue weighted by Crippen LogP contribution is 2.14.